The zero-order valence-corrected chi connectivity index (χ0v) is 13.1. The molecule has 0 unspecified atom stereocenters. The van der Waals surface area contributed by atoms with Crippen LogP contribution in [0.2, 0.25) is 0 Å². The summed E-state index contributed by atoms with van der Waals surface area (Å²) in [5.74, 6) is 1.70. The van der Waals surface area contributed by atoms with E-state index in [1.54, 1.807) is 24.1 Å². The van der Waals surface area contributed by atoms with E-state index in [-0.39, 0.29) is 0 Å². The van der Waals surface area contributed by atoms with E-state index in [2.05, 4.69) is 25.3 Å². The first-order chi connectivity index (χ1) is 11.3. The van der Waals surface area contributed by atoms with Gasteiger partial charge < -0.3 is 4.42 Å². The fourth-order valence-electron chi connectivity index (χ4n) is 2.22. The predicted molar refractivity (Wildman–Crippen MR) is 85.3 cm³/mol. The summed E-state index contributed by atoms with van der Waals surface area (Å²) in [7, 11) is 0. The molecule has 0 radical (unpaired) electrons. The molecule has 1 aromatic carbocycles. The lowest BCUT2D eigenvalue weighted by Gasteiger charge is -2.03. The van der Waals surface area contributed by atoms with E-state index in [0.29, 0.717) is 17.5 Å². The van der Waals surface area contributed by atoms with Gasteiger partial charge in [0.15, 0.2) is 5.65 Å². The number of fused-ring (bicyclic) bond motifs is 1. The van der Waals surface area contributed by atoms with Crippen LogP contribution in [-0.4, -0.2) is 29.9 Å². The van der Waals surface area contributed by atoms with Crippen molar-refractivity contribution in [1.29, 1.82) is 0 Å². The quantitative estimate of drug-likeness (QED) is 0.421. The fourth-order valence-corrected chi connectivity index (χ4v) is 3.02. The molecule has 0 aliphatic rings. The van der Waals surface area contributed by atoms with Gasteiger partial charge in [-0.05, 0) is 12.1 Å². The molecule has 23 heavy (non-hydrogen) atoms. The first-order valence-electron chi connectivity index (χ1n) is 6.97. The van der Waals surface area contributed by atoms with Crippen LogP contribution in [0.25, 0.3) is 16.7 Å². The number of benzene rings is 1. The van der Waals surface area contributed by atoms with Crippen molar-refractivity contribution in [3.63, 3.8) is 0 Å². The number of rotatable bonds is 4. The van der Waals surface area contributed by atoms with Crippen LogP contribution in [0.1, 0.15) is 11.8 Å². The van der Waals surface area contributed by atoms with Crippen LogP contribution >= 0.6 is 11.8 Å². The van der Waals surface area contributed by atoms with Gasteiger partial charge in [0.1, 0.15) is 11.4 Å². The van der Waals surface area contributed by atoms with E-state index in [1.807, 2.05) is 30.3 Å². The molecule has 0 saturated heterocycles. The summed E-state index contributed by atoms with van der Waals surface area (Å²) >= 11 is 1.52. The van der Waals surface area contributed by atoms with E-state index in [9.17, 15) is 0 Å². The average Bonchev–Trinajstić information content (AvgIpc) is 3.20. The lowest BCUT2D eigenvalue weighted by atomic mass is 10.3. The number of thioether (sulfide) groups is 1. The van der Waals surface area contributed by atoms with E-state index >= 15 is 0 Å². The van der Waals surface area contributed by atoms with Crippen molar-refractivity contribution >= 4 is 22.8 Å². The summed E-state index contributed by atoms with van der Waals surface area (Å²) in [6, 6.07) is 9.89. The lowest BCUT2D eigenvalue weighted by Crippen LogP contribution is -1.97. The highest BCUT2D eigenvalue weighted by Gasteiger charge is 2.12. The molecule has 7 nitrogen and oxygen atoms in total. The molecule has 0 aliphatic heterocycles. The van der Waals surface area contributed by atoms with Crippen molar-refractivity contribution in [3.8, 4) is 5.69 Å². The van der Waals surface area contributed by atoms with Crippen molar-refractivity contribution in [2.45, 2.75) is 17.7 Å². The number of aromatic nitrogens is 6. The Balaban J connectivity index is 1.67. The van der Waals surface area contributed by atoms with E-state index < -0.39 is 0 Å². The summed E-state index contributed by atoms with van der Waals surface area (Å²) in [4.78, 5) is 8.71. The minimum atomic E-state index is 0.559. The van der Waals surface area contributed by atoms with Crippen LogP contribution in [0, 0.1) is 6.92 Å². The predicted octanol–water partition coefficient (Wildman–Crippen LogP) is 2.80. The highest BCUT2D eigenvalue weighted by atomic mass is 32.2. The highest BCUT2D eigenvalue weighted by molar-refractivity contribution is 7.98. The summed E-state index contributed by atoms with van der Waals surface area (Å²) < 4.78 is 7.19. The van der Waals surface area contributed by atoms with Crippen LogP contribution in [-0.2, 0) is 5.75 Å². The van der Waals surface area contributed by atoms with Crippen LogP contribution < -0.4 is 0 Å². The topological polar surface area (TPSA) is 82.5 Å². The molecule has 0 fully saturated rings. The van der Waals surface area contributed by atoms with Crippen molar-refractivity contribution in [1.82, 2.24) is 29.9 Å². The molecule has 3 heterocycles. The van der Waals surface area contributed by atoms with Gasteiger partial charge in [-0.3, -0.25) is 0 Å². The van der Waals surface area contributed by atoms with Gasteiger partial charge in [-0.25, -0.2) is 14.6 Å². The van der Waals surface area contributed by atoms with Gasteiger partial charge in [0.05, 0.1) is 23.0 Å². The molecular weight excluding hydrogens is 312 g/mol. The maximum Gasteiger partial charge on any atom is 0.226 e. The second kappa shape index (κ2) is 5.81. The van der Waals surface area contributed by atoms with E-state index in [4.69, 9.17) is 4.42 Å². The fraction of sp³-hybridized carbons (Fsp3) is 0.133. The molecule has 0 aliphatic carbocycles. The molecule has 3 aromatic heterocycles. The van der Waals surface area contributed by atoms with Crippen molar-refractivity contribution in [2.75, 3.05) is 0 Å². The van der Waals surface area contributed by atoms with Crippen LogP contribution in [0.5, 0.6) is 0 Å². The number of hydrogen-bond donors (Lipinski definition) is 0. The van der Waals surface area contributed by atoms with Crippen LogP contribution in [0.4, 0.5) is 0 Å². The Labute approximate surface area is 135 Å². The molecular formula is C15H12N6OS. The normalized spacial score (nSPS) is 11.2. The summed E-state index contributed by atoms with van der Waals surface area (Å²) in [6.45, 7) is 1.77. The summed E-state index contributed by atoms with van der Waals surface area (Å²) in [5, 5.41) is 14.0. The maximum atomic E-state index is 5.38. The second-order valence-corrected chi connectivity index (χ2v) is 5.78. The number of para-hydroxylation sites is 1. The number of aryl methyl sites for hydroxylation is 1. The minimum Gasteiger partial charge on any atom is -0.425 e. The molecule has 4 aromatic rings. The largest absolute Gasteiger partial charge is 0.425 e. The third-order valence-electron chi connectivity index (χ3n) is 3.23. The van der Waals surface area contributed by atoms with Gasteiger partial charge in [0.2, 0.25) is 11.8 Å². The summed E-state index contributed by atoms with van der Waals surface area (Å²) in [5.41, 5.74) is 1.74. The van der Waals surface area contributed by atoms with Crippen LogP contribution in [0.3, 0.4) is 0 Å². The Hall–Kier alpha value is -2.74. The first-order valence-corrected chi connectivity index (χ1v) is 7.96. The standard InChI is InChI=1S/C15H12N6OS/c1-10-19-20-13(22-10)8-23-15-12-7-18-21(14(12)16-9-17-15)11-5-3-2-4-6-11/h2-7,9H,8H2,1H3. The molecule has 0 atom stereocenters. The molecule has 0 amide bonds. The molecule has 0 saturated carbocycles. The molecule has 0 N–H and O–H groups in total. The number of nitrogens with zero attached hydrogens (tertiary/aromatic N) is 6. The SMILES string of the molecule is Cc1nnc(CSc2ncnc3c2cnn3-c2ccccc2)o1. The third kappa shape index (κ3) is 2.68. The molecule has 0 spiro atoms. The van der Waals surface area contributed by atoms with Gasteiger partial charge in [-0.1, -0.05) is 30.0 Å². The van der Waals surface area contributed by atoms with Crippen molar-refractivity contribution < 1.29 is 4.42 Å². The number of hydrogen-bond acceptors (Lipinski definition) is 7. The van der Waals surface area contributed by atoms with Gasteiger partial charge in [0, 0.05) is 6.92 Å². The third-order valence-corrected chi connectivity index (χ3v) is 4.22. The zero-order valence-electron chi connectivity index (χ0n) is 12.2. The zero-order chi connectivity index (χ0) is 15.6. The Morgan fingerprint density at radius 1 is 1.13 bits per heavy atom. The molecule has 4 rings (SSSR count). The Morgan fingerprint density at radius 3 is 2.78 bits per heavy atom. The smallest absolute Gasteiger partial charge is 0.226 e. The van der Waals surface area contributed by atoms with Gasteiger partial charge >= 0.3 is 0 Å². The van der Waals surface area contributed by atoms with Crippen molar-refractivity contribution in [3.05, 3.63) is 54.6 Å². The molecule has 114 valence electrons. The van der Waals surface area contributed by atoms with Gasteiger partial charge in [-0.2, -0.15) is 5.10 Å². The molecule has 0 bridgehead atoms. The molecule has 8 heteroatoms. The van der Waals surface area contributed by atoms with Crippen molar-refractivity contribution in [2.24, 2.45) is 0 Å². The minimum absolute atomic E-state index is 0.559. The van der Waals surface area contributed by atoms with Gasteiger partial charge in [0.25, 0.3) is 0 Å². The van der Waals surface area contributed by atoms with E-state index in [0.717, 1.165) is 21.7 Å². The average molecular weight is 324 g/mol. The van der Waals surface area contributed by atoms with Crippen LogP contribution in [0.15, 0.2) is 52.3 Å². The monoisotopic (exact) mass is 324 g/mol. The van der Waals surface area contributed by atoms with Gasteiger partial charge in [-0.15, -0.1) is 10.2 Å². The Bertz CT molecular complexity index is 949. The Kier molecular flexibility index (Phi) is 3.51. The highest BCUT2D eigenvalue weighted by Crippen LogP contribution is 2.27. The lowest BCUT2D eigenvalue weighted by molar-refractivity contribution is 0.485. The maximum absolute atomic E-state index is 5.38. The van der Waals surface area contributed by atoms with E-state index in [1.165, 1.54) is 11.8 Å². The Morgan fingerprint density at radius 2 is 2.00 bits per heavy atom. The first kappa shape index (κ1) is 13.9. The second-order valence-electron chi connectivity index (χ2n) is 4.81. The summed E-state index contributed by atoms with van der Waals surface area (Å²) in [6.07, 6.45) is 3.33.